The number of hydrogen-bond acceptors (Lipinski definition) is 7. The van der Waals surface area contributed by atoms with Gasteiger partial charge in [-0.25, -0.2) is 4.98 Å². The van der Waals surface area contributed by atoms with Gasteiger partial charge in [0.15, 0.2) is 5.16 Å². The first-order chi connectivity index (χ1) is 15.7. The minimum atomic E-state index is -0.507. The van der Waals surface area contributed by atoms with Crippen LogP contribution in [0.2, 0.25) is 5.02 Å². The molecule has 168 valence electrons. The van der Waals surface area contributed by atoms with Crippen LogP contribution in [-0.4, -0.2) is 26.1 Å². The number of rotatable bonds is 6. The lowest BCUT2D eigenvalue weighted by atomic mass is 10.2. The van der Waals surface area contributed by atoms with E-state index in [1.54, 1.807) is 24.3 Å². The second kappa shape index (κ2) is 9.34. The van der Waals surface area contributed by atoms with Crippen LogP contribution < -0.4 is 10.9 Å². The smallest absolute Gasteiger partial charge is 0.269 e. The summed E-state index contributed by atoms with van der Waals surface area (Å²) in [6.45, 7) is 3.84. The fraction of sp³-hybridized carbons (Fsp3) is 0.136. The number of non-ortho nitro benzene ring substituents is 1. The Balaban J connectivity index is 1.64. The highest BCUT2D eigenvalue weighted by Crippen LogP contribution is 2.30. The van der Waals surface area contributed by atoms with Gasteiger partial charge in [0.2, 0.25) is 5.91 Å². The number of nitro groups is 1. The van der Waals surface area contributed by atoms with Gasteiger partial charge in [-0.15, -0.1) is 11.3 Å². The van der Waals surface area contributed by atoms with Gasteiger partial charge in [0.05, 0.1) is 21.7 Å². The van der Waals surface area contributed by atoms with E-state index < -0.39 is 4.92 Å². The quantitative estimate of drug-likeness (QED) is 0.165. The Morgan fingerprint density at radius 3 is 2.48 bits per heavy atom. The molecule has 0 saturated carbocycles. The summed E-state index contributed by atoms with van der Waals surface area (Å²) in [5.74, 6) is -0.337. The second-order valence-corrected chi connectivity index (χ2v) is 9.70. The summed E-state index contributed by atoms with van der Waals surface area (Å²) in [5.41, 5.74) is 1.66. The van der Waals surface area contributed by atoms with Crippen LogP contribution >= 0.6 is 34.7 Å². The standard InChI is InChI=1S/C22H17ClN4O4S2/c1-12-13(2)33-20-19(12)21(29)26(16-7-3-14(23)4-8-16)22(25-20)32-11-18(28)24-15-5-9-17(10-6-15)27(30)31/h3-10H,11H2,1-2H3,(H,24,28). The van der Waals surface area contributed by atoms with Crippen LogP contribution in [0.1, 0.15) is 10.4 Å². The maximum absolute atomic E-state index is 13.4. The van der Waals surface area contributed by atoms with E-state index in [-0.39, 0.29) is 22.9 Å². The molecule has 11 heteroatoms. The lowest BCUT2D eigenvalue weighted by Crippen LogP contribution is -2.22. The van der Waals surface area contributed by atoms with Crippen molar-refractivity contribution >= 4 is 62.2 Å². The van der Waals surface area contributed by atoms with Gasteiger partial charge in [0, 0.05) is 27.7 Å². The van der Waals surface area contributed by atoms with Crippen LogP contribution in [0.4, 0.5) is 11.4 Å². The molecule has 0 aliphatic carbocycles. The molecule has 33 heavy (non-hydrogen) atoms. The number of thioether (sulfide) groups is 1. The normalized spacial score (nSPS) is 11.0. The summed E-state index contributed by atoms with van der Waals surface area (Å²) in [5, 5.41) is 15.0. The van der Waals surface area contributed by atoms with Crippen molar-refractivity contribution in [3.63, 3.8) is 0 Å². The minimum Gasteiger partial charge on any atom is -0.325 e. The molecular weight excluding hydrogens is 484 g/mol. The fourth-order valence-corrected chi connectivity index (χ4v) is 5.19. The van der Waals surface area contributed by atoms with Crippen LogP contribution in [0.3, 0.4) is 0 Å². The summed E-state index contributed by atoms with van der Waals surface area (Å²) in [7, 11) is 0. The van der Waals surface area contributed by atoms with Gasteiger partial charge in [0.1, 0.15) is 4.83 Å². The lowest BCUT2D eigenvalue weighted by molar-refractivity contribution is -0.384. The average Bonchev–Trinajstić information content (AvgIpc) is 3.07. The van der Waals surface area contributed by atoms with Crippen molar-refractivity contribution in [3.8, 4) is 5.69 Å². The Morgan fingerprint density at radius 1 is 1.18 bits per heavy atom. The minimum absolute atomic E-state index is 0.00807. The topological polar surface area (TPSA) is 107 Å². The molecule has 0 fully saturated rings. The van der Waals surface area contributed by atoms with Crippen molar-refractivity contribution in [2.24, 2.45) is 0 Å². The molecule has 0 unspecified atom stereocenters. The molecule has 2 aromatic heterocycles. The third-order valence-corrected chi connectivity index (χ3v) is 7.24. The van der Waals surface area contributed by atoms with Crippen LogP contribution in [0.5, 0.6) is 0 Å². The molecule has 2 aromatic carbocycles. The molecule has 0 atom stereocenters. The number of fused-ring (bicyclic) bond motifs is 1. The van der Waals surface area contributed by atoms with Crippen molar-refractivity contribution in [3.05, 3.63) is 84.5 Å². The molecule has 1 N–H and O–H groups in total. The number of hydrogen-bond donors (Lipinski definition) is 1. The largest absolute Gasteiger partial charge is 0.325 e. The van der Waals surface area contributed by atoms with Crippen LogP contribution in [0, 0.1) is 24.0 Å². The molecular formula is C22H17ClN4O4S2. The highest BCUT2D eigenvalue weighted by molar-refractivity contribution is 7.99. The number of thiophene rings is 1. The Morgan fingerprint density at radius 2 is 1.85 bits per heavy atom. The van der Waals surface area contributed by atoms with Crippen LogP contribution in [0.25, 0.3) is 15.9 Å². The first-order valence-corrected chi connectivity index (χ1v) is 11.9. The Bertz CT molecular complexity index is 1430. The van der Waals surface area contributed by atoms with Gasteiger partial charge < -0.3 is 5.32 Å². The van der Waals surface area contributed by atoms with Gasteiger partial charge in [-0.05, 0) is 55.8 Å². The monoisotopic (exact) mass is 500 g/mol. The number of nitro benzene ring substituents is 1. The second-order valence-electron chi connectivity index (χ2n) is 7.12. The molecule has 0 aliphatic heterocycles. The highest BCUT2D eigenvalue weighted by Gasteiger charge is 2.19. The zero-order chi connectivity index (χ0) is 23.7. The molecule has 4 rings (SSSR count). The SMILES string of the molecule is Cc1sc2nc(SCC(=O)Nc3ccc([N+](=O)[O-])cc3)n(-c3ccc(Cl)cc3)c(=O)c2c1C. The molecule has 0 bridgehead atoms. The number of halogens is 1. The van der Waals surface area contributed by atoms with E-state index in [1.807, 2.05) is 13.8 Å². The third-order valence-electron chi connectivity index (χ3n) is 4.95. The van der Waals surface area contributed by atoms with E-state index in [9.17, 15) is 19.7 Å². The number of carbonyl (C=O) groups is 1. The maximum Gasteiger partial charge on any atom is 0.269 e. The molecule has 1 amide bonds. The van der Waals surface area contributed by atoms with Crippen molar-refractivity contribution in [1.29, 1.82) is 0 Å². The molecule has 0 aliphatic rings. The van der Waals surface area contributed by atoms with Crippen molar-refractivity contribution < 1.29 is 9.72 Å². The van der Waals surface area contributed by atoms with E-state index in [0.717, 1.165) is 22.2 Å². The number of carbonyl (C=O) groups excluding carboxylic acids is 1. The number of aromatic nitrogens is 2. The molecule has 2 heterocycles. The third kappa shape index (κ3) is 4.77. The van der Waals surface area contributed by atoms with Gasteiger partial charge in [0.25, 0.3) is 11.2 Å². The summed E-state index contributed by atoms with van der Waals surface area (Å²) >= 11 is 8.58. The predicted octanol–water partition coefficient (Wildman–Crippen LogP) is 5.36. The summed E-state index contributed by atoms with van der Waals surface area (Å²) in [4.78, 5) is 42.5. The van der Waals surface area contributed by atoms with Crippen molar-refractivity contribution in [2.45, 2.75) is 19.0 Å². The Labute approximate surface area is 201 Å². The molecule has 0 spiro atoms. The number of nitrogens with one attached hydrogen (secondary N) is 1. The molecule has 4 aromatic rings. The number of amides is 1. The van der Waals surface area contributed by atoms with Gasteiger partial charge in [-0.3, -0.25) is 24.3 Å². The summed E-state index contributed by atoms with van der Waals surface area (Å²) in [6, 6.07) is 12.4. The van der Waals surface area contributed by atoms with E-state index in [4.69, 9.17) is 11.6 Å². The van der Waals surface area contributed by atoms with Gasteiger partial charge in [-0.1, -0.05) is 23.4 Å². The van der Waals surface area contributed by atoms with E-state index >= 15 is 0 Å². The van der Waals surface area contributed by atoms with Crippen LogP contribution in [-0.2, 0) is 4.79 Å². The van der Waals surface area contributed by atoms with E-state index in [2.05, 4.69) is 10.3 Å². The molecule has 8 nitrogen and oxygen atoms in total. The average molecular weight is 501 g/mol. The van der Waals surface area contributed by atoms with Gasteiger partial charge in [-0.2, -0.15) is 0 Å². The van der Waals surface area contributed by atoms with E-state index in [1.165, 1.54) is 40.2 Å². The first-order valence-electron chi connectivity index (χ1n) is 9.70. The van der Waals surface area contributed by atoms with Crippen molar-refractivity contribution in [2.75, 3.05) is 11.1 Å². The number of benzene rings is 2. The first kappa shape index (κ1) is 23.0. The van der Waals surface area contributed by atoms with Crippen molar-refractivity contribution in [1.82, 2.24) is 9.55 Å². The van der Waals surface area contributed by atoms with Crippen LogP contribution in [0.15, 0.2) is 58.5 Å². The number of aryl methyl sites for hydroxylation is 2. The predicted molar refractivity (Wildman–Crippen MR) is 132 cm³/mol. The number of anilines is 1. The Hall–Kier alpha value is -3.21. The molecule has 0 saturated heterocycles. The highest BCUT2D eigenvalue weighted by atomic mass is 35.5. The van der Waals surface area contributed by atoms with E-state index in [0.29, 0.717) is 31.8 Å². The number of nitrogens with zero attached hydrogens (tertiary/aromatic N) is 3. The lowest BCUT2D eigenvalue weighted by Gasteiger charge is -2.12. The van der Waals surface area contributed by atoms with Gasteiger partial charge >= 0.3 is 0 Å². The zero-order valence-electron chi connectivity index (χ0n) is 17.5. The zero-order valence-corrected chi connectivity index (χ0v) is 19.9. The Kier molecular flexibility index (Phi) is 6.50. The molecule has 0 radical (unpaired) electrons. The fourth-order valence-electron chi connectivity index (χ4n) is 3.18. The maximum atomic E-state index is 13.4. The summed E-state index contributed by atoms with van der Waals surface area (Å²) in [6.07, 6.45) is 0. The summed E-state index contributed by atoms with van der Waals surface area (Å²) < 4.78 is 1.49.